The van der Waals surface area contributed by atoms with Crippen molar-refractivity contribution in [1.82, 2.24) is 4.90 Å². The van der Waals surface area contributed by atoms with Crippen molar-refractivity contribution in [3.8, 4) is 0 Å². The number of hydrogen-bond donors (Lipinski definition) is 2. The second kappa shape index (κ2) is 6.76. The standard InChI is InChI=1S/C10H21NO4/c1-4-5-11(6-7-12)8-10(2,14)9(13)15-3/h12,14H,4-8H2,1-3H3. The van der Waals surface area contributed by atoms with Crippen molar-refractivity contribution in [3.05, 3.63) is 0 Å². The number of nitrogens with zero attached hydrogens (tertiary/aromatic N) is 1. The van der Waals surface area contributed by atoms with Crippen LogP contribution in [0.2, 0.25) is 0 Å². The topological polar surface area (TPSA) is 70.0 Å². The minimum Gasteiger partial charge on any atom is -0.467 e. The number of hydrogen-bond acceptors (Lipinski definition) is 5. The van der Waals surface area contributed by atoms with Crippen LogP contribution in [0.4, 0.5) is 0 Å². The summed E-state index contributed by atoms with van der Waals surface area (Å²) < 4.78 is 4.49. The fourth-order valence-electron chi connectivity index (χ4n) is 1.45. The van der Waals surface area contributed by atoms with Gasteiger partial charge in [-0.25, -0.2) is 4.79 Å². The number of aliphatic hydroxyl groups is 2. The number of esters is 1. The summed E-state index contributed by atoms with van der Waals surface area (Å²) in [6.07, 6.45) is 0.900. The van der Waals surface area contributed by atoms with E-state index in [1.165, 1.54) is 14.0 Å². The van der Waals surface area contributed by atoms with E-state index >= 15 is 0 Å². The van der Waals surface area contributed by atoms with Crippen LogP contribution in [-0.4, -0.2) is 60.0 Å². The van der Waals surface area contributed by atoms with E-state index in [1.807, 2.05) is 11.8 Å². The summed E-state index contributed by atoms with van der Waals surface area (Å²) in [6.45, 7) is 4.77. The molecule has 0 aliphatic carbocycles. The third kappa shape index (κ3) is 5.11. The zero-order chi connectivity index (χ0) is 11.9. The highest BCUT2D eigenvalue weighted by Gasteiger charge is 2.33. The van der Waals surface area contributed by atoms with Gasteiger partial charge in [-0.05, 0) is 19.9 Å². The van der Waals surface area contributed by atoms with Crippen molar-refractivity contribution in [2.24, 2.45) is 0 Å². The van der Waals surface area contributed by atoms with E-state index in [1.54, 1.807) is 0 Å². The molecule has 0 aromatic heterocycles. The number of methoxy groups -OCH3 is 1. The van der Waals surface area contributed by atoms with Gasteiger partial charge in [-0.15, -0.1) is 0 Å². The quantitative estimate of drug-likeness (QED) is 0.571. The first-order valence-electron chi connectivity index (χ1n) is 5.12. The van der Waals surface area contributed by atoms with Crippen molar-refractivity contribution in [1.29, 1.82) is 0 Å². The van der Waals surface area contributed by atoms with Crippen molar-refractivity contribution in [2.75, 3.05) is 33.4 Å². The van der Waals surface area contributed by atoms with Crippen molar-refractivity contribution in [3.63, 3.8) is 0 Å². The van der Waals surface area contributed by atoms with Gasteiger partial charge in [0.25, 0.3) is 0 Å². The van der Waals surface area contributed by atoms with E-state index in [9.17, 15) is 9.90 Å². The van der Waals surface area contributed by atoms with Gasteiger partial charge in [0.05, 0.1) is 13.7 Å². The van der Waals surface area contributed by atoms with Gasteiger partial charge in [-0.1, -0.05) is 6.92 Å². The lowest BCUT2D eigenvalue weighted by Gasteiger charge is -2.28. The molecule has 0 fully saturated rings. The maximum Gasteiger partial charge on any atom is 0.338 e. The molecule has 0 spiro atoms. The largest absolute Gasteiger partial charge is 0.467 e. The average Bonchev–Trinajstić information content (AvgIpc) is 2.16. The van der Waals surface area contributed by atoms with Crippen LogP contribution in [0.5, 0.6) is 0 Å². The SMILES string of the molecule is CCCN(CCO)CC(C)(O)C(=O)OC. The Morgan fingerprint density at radius 2 is 2.07 bits per heavy atom. The van der Waals surface area contributed by atoms with E-state index in [0.717, 1.165) is 13.0 Å². The van der Waals surface area contributed by atoms with Crippen LogP contribution in [0, 0.1) is 0 Å². The first-order valence-corrected chi connectivity index (χ1v) is 5.12. The molecule has 1 unspecified atom stereocenters. The van der Waals surface area contributed by atoms with Gasteiger partial charge < -0.3 is 14.9 Å². The molecule has 0 heterocycles. The molecule has 0 aromatic carbocycles. The predicted octanol–water partition coefficient (Wildman–Crippen LogP) is -0.385. The lowest BCUT2D eigenvalue weighted by Crippen LogP contribution is -2.48. The van der Waals surface area contributed by atoms with E-state index < -0.39 is 11.6 Å². The Morgan fingerprint density at radius 1 is 1.47 bits per heavy atom. The molecule has 0 bridgehead atoms. The highest BCUT2D eigenvalue weighted by Crippen LogP contribution is 2.08. The first kappa shape index (κ1) is 14.3. The smallest absolute Gasteiger partial charge is 0.338 e. The zero-order valence-corrected chi connectivity index (χ0v) is 9.69. The fraction of sp³-hybridized carbons (Fsp3) is 0.900. The molecule has 15 heavy (non-hydrogen) atoms. The van der Waals surface area contributed by atoms with Gasteiger partial charge in [0.2, 0.25) is 0 Å². The van der Waals surface area contributed by atoms with E-state index in [4.69, 9.17) is 5.11 Å². The number of aliphatic hydroxyl groups excluding tert-OH is 1. The molecule has 0 saturated carbocycles. The summed E-state index contributed by atoms with van der Waals surface area (Å²) in [4.78, 5) is 13.0. The predicted molar refractivity (Wildman–Crippen MR) is 56.5 cm³/mol. The van der Waals surface area contributed by atoms with Gasteiger partial charge in [-0.3, -0.25) is 4.90 Å². The molecule has 90 valence electrons. The molecule has 5 nitrogen and oxygen atoms in total. The monoisotopic (exact) mass is 219 g/mol. The van der Waals surface area contributed by atoms with Crippen LogP contribution >= 0.6 is 0 Å². The van der Waals surface area contributed by atoms with Crippen LogP contribution in [0.1, 0.15) is 20.3 Å². The molecular formula is C10H21NO4. The number of carbonyl (C=O) groups excluding carboxylic acids is 1. The maximum atomic E-state index is 11.2. The van der Waals surface area contributed by atoms with Crippen LogP contribution in [0.3, 0.4) is 0 Å². The van der Waals surface area contributed by atoms with Gasteiger partial charge in [0, 0.05) is 13.1 Å². The zero-order valence-electron chi connectivity index (χ0n) is 9.69. The lowest BCUT2D eigenvalue weighted by molar-refractivity contribution is -0.162. The molecule has 2 N–H and O–H groups in total. The second-order valence-electron chi connectivity index (χ2n) is 3.77. The molecule has 0 aromatic rings. The molecular weight excluding hydrogens is 198 g/mol. The minimum atomic E-state index is -1.51. The third-order valence-corrected chi connectivity index (χ3v) is 2.11. The van der Waals surface area contributed by atoms with Gasteiger partial charge in [0.15, 0.2) is 5.60 Å². The number of ether oxygens (including phenoxy) is 1. The Kier molecular flexibility index (Phi) is 6.47. The molecule has 0 aliphatic heterocycles. The Morgan fingerprint density at radius 3 is 2.47 bits per heavy atom. The molecule has 5 heteroatoms. The van der Waals surface area contributed by atoms with Crippen molar-refractivity contribution < 1.29 is 19.7 Å². The molecule has 0 amide bonds. The lowest BCUT2D eigenvalue weighted by atomic mass is 10.1. The maximum absolute atomic E-state index is 11.2. The molecule has 1 atom stereocenters. The average molecular weight is 219 g/mol. The Labute approximate surface area is 90.6 Å². The van der Waals surface area contributed by atoms with Gasteiger partial charge >= 0.3 is 5.97 Å². The summed E-state index contributed by atoms with van der Waals surface area (Å²) in [7, 11) is 1.24. The summed E-state index contributed by atoms with van der Waals surface area (Å²) in [6, 6.07) is 0. The van der Waals surface area contributed by atoms with Crippen LogP contribution in [0.25, 0.3) is 0 Å². The van der Waals surface area contributed by atoms with Crippen molar-refractivity contribution in [2.45, 2.75) is 25.9 Å². The number of carbonyl (C=O) groups is 1. The Hall–Kier alpha value is -0.650. The minimum absolute atomic E-state index is 0.0112. The van der Waals surface area contributed by atoms with Crippen LogP contribution < -0.4 is 0 Å². The van der Waals surface area contributed by atoms with Gasteiger partial charge in [0.1, 0.15) is 0 Å². The highest BCUT2D eigenvalue weighted by molar-refractivity contribution is 5.78. The summed E-state index contributed by atoms with van der Waals surface area (Å²) >= 11 is 0. The molecule has 0 saturated heterocycles. The van der Waals surface area contributed by atoms with Gasteiger partial charge in [-0.2, -0.15) is 0 Å². The Balaban J connectivity index is 4.29. The fourth-order valence-corrected chi connectivity index (χ4v) is 1.45. The van der Waals surface area contributed by atoms with Crippen LogP contribution in [-0.2, 0) is 9.53 Å². The van der Waals surface area contributed by atoms with E-state index in [0.29, 0.717) is 6.54 Å². The number of rotatable bonds is 7. The van der Waals surface area contributed by atoms with E-state index in [2.05, 4.69) is 4.74 Å². The summed E-state index contributed by atoms with van der Waals surface area (Å²) in [5, 5.41) is 18.6. The third-order valence-electron chi connectivity index (χ3n) is 2.11. The second-order valence-corrected chi connectivity index (χ2v) is 3.77. The Bertz CT molecular complexity index is 188. The van der Waals surface area contributed by atoms with E-state index in [-0.39, 0.29) is 13.2 Å². The van der Waals surface area contributed by atoms with Crippen LogP contribution in [0.15, 0.2) is 0 Å². The first-order chi connectivity index (χ1) is 6.97. The molecule has 0 rings (SSSR count). The molecule has 0 aliphatic rings. The van der Waals surface area contributed by atoms with Crippen molar-refractivity contribution >= 4 is 5.97 Å². The highest BCUT2D eigenvalue weighted by atomic mass is 16.5. The normalized spacial score (nSPS) is 15.1. The summed E-state index contributed by atoms with van der Waals surface area (Å²) in [5.41, 5.74) is -1.51. The summed E-state index contributed by atoms with van der Waals surface area (Å²) in [5.74, 6) is -0.651. The molecule has 0 radical (unpaired) electrons.